The largest absolute Gasteiger partial charge is 0.493 e. The van der Waals surface area contributed by atoms with Gasteiger partial charge in [0.15, 0.2) is 11.5 Å². The number of para-hydroxylation sites is 1. The van der Waals surface area contributed by atoms with Crippen molar-refractivity contribution in [3.8, 4) is 17.2 Å². The number of fused-ring (bicyclic) bond motifs is 1. The van der Waals surface area contributed by atoms with E-state index in [4.69, 9.17) is 25.8 Å². The highest BCUT2D eigenvalue weighted by Gasteiger charge is 2.24. The average Bonchev–Trinajstić information content (AvgIpc) is 2.66. The second kappa shape index (κ2) is 8.53. The number of benzene rings is 2. The molecule has 5 nitrogen and oxygen atoms in total. The first-order valence-electron chi connectivity index (χ1n) is 9.02. The van der Waals surface area contributed by atoms with E-state index in [-0.39, 0.29) is 11.9 Å². The molecule has 0 bridgehead atoms. The number of hydrogen-bond donors (Lipinski definition) is 1. The summed E-state index contributed by atoms with van der Waals surface area (Å²) in [6.07, 6.45) is 0.712. The zero-order chi connectivity index (χ0) is 19.4. The molecule has 0 saturated carbocycles. The van der Waals surface area contributed by atoms with Crippen LogP contribution in [-0.4, -0.2) is 26.2 Å². The van der Waals surface area contributed by atoms with Crippen molar-refractivity contribution >= 4 is 17.5 Å². The highest BCUT2D eigenvalue weighted by molar-refractivity contribution is 6.32. The maximum absolute atomic E-state index is 12.8. The number of halogens is 1. The molecular formula is C21H24ClNO4. The van der Waals surface area contributed by atoms with E-state index in [1.54, 1.807) is 12.1 Å². The third-order valence-electron chi connectivity index (χ3n) is 4.32. The van der Waals surface area contributed by atoms with Gasteiger partial charge in [-0.3, -0.25) is 4.79 Å². The van der Waals surface area contributed by atoms with Gasteiger partial charge in [-0.15, -0.1) is 0 Å². The van der Waals surface area contributed by atoms with Crippen molar-refractivity contribution in [3.63, 3.8) is 0 Å². The molecule has 2 aromatic carbocycles. The molecule has 3 rings (SSSR count). The van der Waals surface area contributed by atoms with E-state index < -0.39 is 0 Å². The summed E-state index contributed by atoms with van der Waals surface area (Å²) in [6, 6.07) is 10.9. The normalized spacial score (nSPS) is 15.7. The average molecular weight is 390 g/mol. The SMILES string of the molecule is COc1cc(C(=O)NC2CCOc3ccccc32)cc(Cl)c1OCC(C)C. The predicted molar refractivity (Wildman–Crippen MR) is 105 cm³/mol. The Balaban J connectivity index is 1.80. The summed E-state index contributed by atoms with van der Waals surface area (Å²) in [5.41, 5.74) is 1.41. The van der Waals surface area contributed by atoms with Crippen LogP contribution in [0.15, 0.2) is 36.4 Å². The predicted octanol–water partition coefficient (Wildman–Crippen LogP) is 4.64. The Morgan fingerprint density at radius 2 is 2.11 bits per heavy atom. The van der Waals surface area contributed by atoms with Gasteiger partial charge in [0.1, 0.15) is 5.75 Å². The summed E-state index contributed by atoms with van der Waals surface area (Å²) in [6.45, 7) is 5.18. The molecular weight excluding hydrogens is 366 g/mol. The van der Waals surface area contributed by atoms with E-state index in [1.165, 1.54) is 7.11 Å². The Hall–Kier alpha value is -2.40. The maximum atomic E-state index is 12.8. The molecule has 144 valence electrons. The van der Waals surface area contributed by atoms with Gasteiger partial charge in [0.2, 0.25) is 0 Å². The van der Waals surface area contributed by atoms with Crippen molar-refractivity contribution in [1.29, 1.82) is 0 Å². The molecule has 0 spiro atoms. The fourth-order valence-corrected chi connectivity index (χ4v) is 3.24. The Labute approximate surface area is 164 Å². The van der Waals surface area contributed by atoms with Gasteiger partial charge >= 0.3 is 0 Å². The molecule has 1 aliphatic heterocycles. The molecule has 0 saturated heterocycles. The molecule has 2 aromatic rings. The molecule has 27 heavy (non-hydrogen) atoms. The van der Waals surface area contributed by atoms with Gasteiger partial charge in [0.25, 0.3) is 5.91 Å². The van der Waals surface area contributed by atoms with Gasteiger partial charge in [0.05, 0.1) is 31.4 Å². The highest BCUT2D eigenvalue weighted by Crippen LogP contribution is 2.37. The van der Waals surface area contributed by atoms with Gasteiger partial charge < -0.3 is 19.5 Å². The summed E-state index contributed by atoms with van der Waals surface area (Å²) >= 11 is 6.36. The summed E-state index contributed by atoms with van der Waals surface area (Å²) < 4.78 is 16.8. The summed E-state index contributed by atoms with van der Waals surface area (Å²) in [5, 5.41) is 3.42. The smallest absolute Gasteiger partial charge is 0.251 e. The van der Waals surface area contributed by atoms with E-state index in [0.29, 0.717) is 47.6 Å². The van der Waals surface area contributed by atoms with Crippen LogP contribution in [0.4, 0.5) is 0 Å². The van der Waals surface area contributed by atoms with Crippen LogP contribution in [0.2, 0.25) is 5.02 Å². The van der Waals surface area contributed by atoms with Gasteiger partial charge in [0, 0.05) is 17.5 Å². The Bertz CT molecular complexity index is 822. The van der Waals surface area contributed by atoms with Crippen LogP contribution >= 0.6 is 11.6 Å². The van der Waals surface area contributed by atoms with Crippen LogP contribution in [0, 0.1) is 5.92 Å². The molecule has 0 aromatic heterocycles. The lowest BCUT2D eigenvalue weighted by molar-refractivity contribution is 0.0924. The third-order valence-corrected chi connectivity index (χ3v) is 4.60. The summed E-state index contributed by atoms with van der Waals surface area (Å²) in [4.78, 5) is 12.8. The molecule has 1 heterocycles. The first-order valence-corrected chi connectivity index (χ1v) is 9.40. The summed E-state index contributed by atoms with van der Waals surface area (Å²) in [5.74, 6) is 1.85. The van der Waals surface area contributed by atoms with Crippen LogP contribution in [-0.2, 0) is 0 Å². The second-order valence-electron chi connectivity index (χ2n) is 6.90. The molecule has 1 unspecified atom stereocenters. The number of hydrogen-bond acceptors (Lipinski definition) is 4. The molecule has 0 aliphatic carbocycles. The lowest BCUT2D eigenvalue weighted by atomic mass is 10.00. The van der Waals surface area contributed by atoms with Gasteiger partial charge in [-0.25, -0.2) is 0 Å². The highest BCUT2D eigenvalue weighted by atomic mass is 35.5. The quantitative estimate of drug-likeness (QED) is 0.782. The first kappa shape index (κ1) is 19.4. The second-order valence-corrected chi connectivity index (χ2v) is 7.30. The lowest BCUT2D eigenvalue weighted by Crippen LogP contribution is -2.32. The molecule has 1 aliphatic rings. The molecule has 0 fully saturated rings. The molecule has 1 atom stereocenters. The van der Waals surface area contributed by atoms with Crippen LogP contribution < -0.4 is 19.5 Å². The molecule has 1 N–H and O–H groups in total. The minimum absolute atomic E-state index is 0.107. The fourth-order valence-electron chi connectivity index (χ4n) is 2.97. The lowest BCUT2D eigenvalue weighted by Gasteiger charge is -2.26. The van der Waals surface area contributed by atoms with E-state index in [2.05, 4.69) is 5.32 Å². The van der Waals surface area contributed by atoms with E-state index in [1.807, 2.05) is 38.1 Å². The van der Waals surface area contributed by atoms with Crippen LogP contribution in [0.1, 0.15) is 42.2 Å². The zero-order valence-corrected chi connectivity index (χ0v) is 16.5. The first-order chi connectivity index (χ1) is 13.0. The van der Waals surface area contributed by atoms with Crippen molar-refractivity contribution in [2.45, 2.75) is 26.3 Å². The van der Waals surface area contributed by atoms with E-state index in [0.717, 1.165) is 11.3 Å². The van der Waals surface area contributed by atoms with Crippen LogP contribution in [0.5, 0.6) is 17.2 Å². The molecule has 0 radical (unpaired) electrons. The number of amides is 1. The van der Waals surface area contributed by atoms with Crippen molar-refractivity contribution < 1.29 is 19.0 Å². The van der Waals surface area contributed by atoms with Gasteiger partial charge in [-0.05, 0) is 24.1 Å². The van der Waals surface area contributed by atoms with Gasteiger partial charge in [-0.2, -0.15) is 0 Å². The Kier molecular flexibility index (Phi) is 6.11. The number of nitrogens with one attached hydrogen (secondary N) is 1. The van der Waals surface area contributed by atoms with Crippen LogP contribution in [0.3, 0.4) is 0 Å². The van der Waals surface area contributed by atoms with E-state index >= 15 is 0 Å². The fraction of sp³-hybridized carbons (Fsp3) is 0.381. The standard InChI is InChI=1S/C21H24ClNO4/c1-13(2)12-27-20-16(22)10-14(11-19(20)25-3)21(24)23-17-8-9-26-18-7-5-4-6-15(17)18/h4-7,10-11,13,17H,8-9,12H2,1-3H3,(H,23,24). The number of ether oxygens (including phenoxy) is 3. The minimum atomic E-state index is -0.215. The molecule has 1 amide bonds. The third kappa shape index (κ3) is 4.48. The molecule has 6 heteroatoms. The number of methoxy groups -OCH3 is 1. The monoisotopic (exact) mass is 389 g/mol. The number of carbonyl (C=O) groups excluding carboxylic acids is 1. The minimum Gasteiger partial charge on any atom is -0.493 e. The van der Waals surface area contributed by atoms with Crippen molar-refractivity contribution in [3.05, 3.63) is 52.5 Å². The van der Waals surface area contributed by atoms with Crippen molar-refractivity contribution in [1.82, 2.24) is 5.32 Å². The topological polar surface area (TPSA) is 56.8 Å². The van der Waals surface area contributed by atoms with Crippen molar-refractivity contribution in [2.24, 2.45) is 5.92 Å². The number of rotatable bonds is 6. The van der Waals surface area contributed by atoms with E-state index in [9.17, 15) is 4.79 Å². The maximum Gasteiger partial charge on any atom is 0.251 e. The van der Waals surface area contributed by atoms with Crippen LogP contribution in [0.25, 0.3) is 0 Å². The zero-order valence-electron chi connectivity index (χ0n) is 15.8. The van der Waals surface area contributed by atoms with Crippen molar-refractivity contribution in [2.75, 3.05) is 20.3 Å². The Morgan fingerprint density at radius 3 is 2.85 bits per heavy atom. The summed E-state index contributed by atoms with van der Waals surface area (Å²) in [7, 11) is 1.53. The Morgan fingerprint density at radius 1 is 1.33 bits per heavy atom. The van der Waals surface area contributed by atoms with Gasteiger partial charge in [-0.1, -0.05) is 43.6 Å². The number of carbonyl (C=O) groups is 1.